The molecule has 1 saturated carbocycles. The Hall–Kier alpha value is -2.38. The molecule has 2 aliphatic heterocycles. The Balaban J connectivity index is 1.46. The monoisotopic (exact) mass is 347 g/mol. The molecule has 134 valence electrons. The first-order chi connectivity index (χ1) is 11.9. The van der Waals surface area contributed by atoms with Crippen LogP contribution in [0.15, 0.2) is 10.6 Å². The largest absolute Gasteiger partial charge is 0.481 e. The van der Waals surface area contributed by atoms with Gasteiger partial charge in [0.1, 0.15) is 11.2 Å². The predicted octanol–water partition coefficient (Wildman–Crippen LogP) is 0.307. The first-order valence-corrected chi connectivity index (χ1v) is 8.61. The Bertz CT molecular complexity index is 740. The molecule has 1 N–H and O–H groups in total. The van der Waals surface area contributed by atoms with Crippen molar-refractivity contribution in [3.63, 3.8) is 0 Å². The van der Waals surface area contributed by atoms with Gasteiger partial charge >= 0.3 is 5.97 Å². The molecule has 1 aliphatic carbocycles. The first kappa shape index (κ1) is 16.1. The normalized spacial score (nSPS) is 28.3. The highest BCUT2D eigenvalue weighted by Gasteiger charge is 2.60. The van der Waals surface area contributed by atoms with Gasteiger partial charge < -0.3 is 19.4 Å². The molecule has 4 rings (SSSR count). The van der Waals surface area contributed by atoms with Gasteiger partial charge in [-0.1, -0.05) is 5.16 Å². The number of hydrogen-bond donors (Lipinski definition) is 1. The summed E-state index contributed by atoms with van der Waals surface area (Å²) in [6.07, 6.45) is 1.89. The van der Waals surface area contributed by atoms with Crippen LogP contribution in [-0.4, -0.2) is 64.0 Å². The minimum absolute atomic E-state index is 0.0741. The zero-order valence-electron chi connectivity index (χ0n) is 14.1. The van der Waals surface area contributed by atoms with Gasteiger partial charge in [0.25, 0.3) is 0 Å². The van der Waals surface area contributed by atoms with E-state index in [1.54, 1.807) is 22.8 Å². The molecule has 0 spiro atoms. The fourth-order valence-electron chi connectivity index (χ4n) is 4.07. The number of hydrogen-bond acceptors (Lipinski definition) is 5. The molecule has 3 fully saturated rings. The summed E-state index contributed by atoms with van der Waals surface area (Å²) in [6.45, 7) is 2.92. The van der Waals surface area contributed by atoms with Crippen LogP contribution >= 0.6 is 0 Å². The van der Waals surface area contributed by atoms with E-state index in [9.17, 15) is 19.5 Å². The van der Waals surface area contributed by atoms with Gasteiger partial charge in [-0.3, -0.25) is 14.4 Å². The SMILES string of the molecule is Cc1cc(CC(=O)N2C[C@H]3CN(C(=O)C4CC4)C[C@@]3(C(=O)O)C2)on1. The van der Waals surface area contributed by atoms with Crippen LogP contribution in [0.3, 0.4) is 0 Å². The molecule has 25 heavy (non-hydrogen) atoms. The Labute approximate surface area is 144 Å². The van der Waals surface area contributed by atoms with Gasteiger partial charge in [0.2, 0.25) is 11.8 Å². The number of carboxylic acid groups (broad SMARTS) is 1. The number of fused-ring (bicyclic) bond motifs is 1. The molecule has 2 saturated heterocycles. The lowest BCUT2D eigenvalue weighted by molar-refractivity contribution is -0.149. The molecule has 2 atom stereocenters. The van der Waals surface area contributed by atoms with Crippen molar-refractivity contribution in [1.29, 1.82) is 0 Å². The van der Waals surface area contributed by atoms with Crippen molar-refractivity contribution in [3.8, 4) is 0 Å². The van der Waals surface area contributed by atoms with Gasteiger partial charge in [-0.2, -0.15) is 0 Å². The number of rotatable bonds is 4. The average Bonchev–Trinajstić information content (AvgIpc) is 3.07. The number of aliphatic carboxylic acids is 1. The Morgan fingerprint density at radius 3 is 2.52 bits per heavy atom. The van der Waals surface area contributed by atoms with Crippen molar-refractivity contribution in [3.05, 3.63) is 17.5 Å². The molecule has 3 aliphatic rings. The zero-order valence-corrected chi connectivity index (χ0v) is 14.1. The number of aromatic nitrogens is 1. The van der Waals surface area contributed by atoms with E-state index in [0.29, 0.717) is 24.5 Å². The molecule has 0 radical (unpaired) electrons. The van der Waals surface area contributed by atoms with Gasteiger partial charge in [-0.15, -0.1) is 0 Å². The van der Waals surface area contributed by atoms with Crippen LogP contribution in [0, 0.1) is 24.2 Å². The van der Waals surface area contributed by atoms with E-state index in [2.05, 4.69) is 5.16 Å². The molecule has 2 amide bonds. The molecule has 8 nitrogen and oxygen atoms in total. The van der Waals surface area contributed by atoms with E-state index in [1.807, 2.05) is 0 Å². The number of aryl methyl sites for hydroxylation is 1. The number of amides is 2. The second-order valence-corrected chi connectivity index (χ2v) is 7.54. The van der Waals surface area contributed by atoms with E-state index in [-0.39, 0.29) is 43.2 Å². The fourth-order valence-corrected chi connectivity index (χ4v) is 4.07. The van der Waals surface area contributed by atoms with Crippen LogP contribution < -0.4 is 0 Å². The molecule has 0 aromatic carbocycles. The minimum atomic E-state index is -1.04. The van der Waals surface area contributed by atoms with Gasteiger partial charge in [-0.25, -0.2) is 0 Å². The van der Waals surface area contributed by atoms with Crippen molar-refractivity contribution in [2.45, 2.75) is 26.2 Å². The van der Waals surface area contributed by atoms with E-state index >= 15 is 0 Å². The van der Waals surface area contributed by atoms with E-state index in [4.69, 9.17) is 4.52 Å². The summed E-state index contributed by atoms with van der Waals surface area (Å²) in [5.41, 5.74) is -0.338. The highest BCUT2D eigenvalue weighted by Crippen LogP contribution is 2.44. The third-order valence-corrected chi connectivity index (χ3v) is 5.63. The number of nitrogens with zero attached hydrogens (tertiary/aromatic N) is 3. The highest BCUT2D eigenvalue weighted by molar-refractivity contribution is 5.86. The van der Waals surface area contributed by atoms with Crippen molar-refractivity contribution < 1.29 is 24.0 Å². The fraction of sp³-hybridized carbons (Fsp3) is 0.647. The van der Waals surface area contributed by atoms with Gasteiger partial charge in [0.15, 0.2) is 0 Å². The third kappa shape index (κ3) is 2.69. The zero-order chi connectivity index (χ0) is 17.8. The van der Waals surface area contributed by atoms with Crippen LogP contribution in [0.25, 0.3) is 0 Å². The molecule has 0 unspecified atom stereocenters. The van der Waals surface area contributed by atoms with E-state index < -0.39 is 11.4 Å². The molecule has 1 aromatic heterocycles. The lowest BCUT2D eigenvalue weighted by Crippen LogP contribution is -2.43. The van der Waals surface area contributed by atoms with Gasteiger partial charge in [0.05, 0.1) is 12.1 Å². The summed E-state index contributed by atoms with van der Waals surface area (Å²) in [7, 11) is 0. The second-order valence-electron chi connectivity index (χ2n) is 7.54. The van der Waals surface area contributed by atoms with Crippen molar-refractivity contribution >= 4 is 17.8 Å². The maximum Gasteiger partial charge on any atom is 0.313 e. The Morgan fingerprint density at radius 2 is 1.96 bits per heavy atom. The van der Waals surface area contributed by atoms with Gasteiger partial charge in [0, 0.05) is 44.1 Å². The minimum Gasteiger partial charge on any atom is -0.481 e. The summed E-state index contributed by atoms with van der Waals surface area (Å²) in [6, 6.07) is 1.71. The molecule has 8 heteroatoms. The summed E-state index contributed by atoms with van der Waals surface area (Å²) in [5.74, 6) is -0.662. The molecule has 3 heterocycles. The van der Waals surface area contributed by atoms with Crippen LogP contribution in [0.1, 0.15) is 24.3 Å². The van der Waals surface area contributed by atoms with E-state index in [1.165, 1.54) is 0 Å². The first-order valence-electron chi connectivity index (χ1n) is 8.61. The second kappa shape index (κ2) is 5.57. The maximum atomic E-state index is 12.5. The standard InChI is InChI=1S/C17H21N3O5/c1-10-4-13(25-18-10)5-14(21)19-6-12-7-20(15(22)11-2-3-11)9-17(12,8-19)16(23)24/h4,11-12H,2-3,5-9H2,1H3,(H,23,24)/t12-,17-/m0/s1. The van der Waals surface area contributed by atoms with E-state index in [0.717, 1.165) is 12.8 Å². The van der Waals surface area contributed by atoms with Gasteiger partial charge in [-0.05, 0) is 19.8 Å². The van der Waals surface area contributed by atoms with Crippen LogP contribution in [-0.2, 0) is 20.8 Å². The summed E-state index contributed by atoms with van der Waals surface area (Å²) >= 11 is 0. The Kier molecular flexibility index (Phi) is 3.59. The van der Waals surface area contributed by atoms with Crippen molar-refractivity contribution in [2.75, 3.05) is 26.2 Å². The van der Waals surface area contributed by atoms with Crippen LogP contribution in [0.5, 0.6) is 0 Å². The van der Waals surface area contributed by atoms with Crippen molar-refractivity contribution in [1.82, 2.24) is 15.0 Å². The molecule has 1 aromatic rings. The summed E-state index contributed by atoms with van der Waals surface area (Å²) < 4.78 is 5.08. The van der Waals surface area contributed by atoms with Crippen LogP contribution in [0.2, 0.25) is 0 Å². The number of carbonyl (C=O) groups excluding carboxylic acids is 2. The predicted molar refractivity (Wildman–Crippen MR) is 84.4 cm³/mol. The summed E-state index contributed by atoms with van der Waals surface area (Å²) in [5, 5.41) is 13.6. The topological polar surface area (TPSA) is 104 Å². The number of likely N-dealkylation sites (tertiary alicyclic amines) is 2. The molecular formula is C17H21N3O5. The maximum absolute atomic E-state index is 12.5. The molecule has 0 bridgehead atoms. The van der Waals surface area contributed by atoms with Crippen molar-refractivity contribution in [2.24, 2.45) is 17.3 Å². The lowest BCUT2D eigenvalue weighted by Gasteiger charge is -2.25. The number of carboxylic acids is 1. The molecular weight excluding hydrogens is 326 g/mol. The summed E-state index contributed by atoms with van der Waals surface area (Å²) in [4.78, 5) is 40.1. The lowest BCUT2D eigenvalue weighted by atomic mass is 9.81. The quantitative estimate of drug-likeness (QED) is 0.840. The smallest absolute Gasteiger partial charge is 0.313 e. The van der Waals surface area contributed by atoms with Crippen LogP contribution in [0.4, 0.5) is 0 Å². The Morgan fingerprint density at radius 1 is 1.28 bits per heavy atom. The number of carbonyl (C=O) groups is 3. The average molecular weight is 347 g/mol. The highest BCUT2D eigenvalue weighted by atomic mass is 16.5. The third-order valence-electron chi connectivity index (χ3n) is 5.63.